The third kappa shape index (κ3) is 5.88. The molecule has 1 atom stereocenters. The zero-order valence-corrected chi connectivity index (χ0v) is 15.9. The molecule has 0 saturated heterocycles. The molecule has 152 valence electrons. The molecule has 1 aromatic carbocycles. The molecule has 1 aliphatic carbocycles. The fraction of sp³-hybridized carbons (Fsp3) is 0.350. The average molecular weight is 394 g/mol. The predicted molar refractivity (Wildman–Crippen MR) is 105 cm³/mol. The summed E-state index contributed by atoms with van der Waals surface area (Å²) in [4.78, 5) is 12.4. The zero-order valence-electron chi connectivity index (χ0n) is 15.9. The number of halogens is 3. The number of nitrogens with zero attached hydrogens (tertiary/aromatic N) is 1. The summed E-state index contributed by atoms with van der Waals surface area (Å²) in [5, 5.41) is 4.05. The zero-order chi connectivity index (χ0) is 20.9. The van der Waals surface area contributed by atoms with E-state index in [1.807, 2.05) is 18.2 Å². The Morgan fingerprint density at radius 1 is 1.36 bits per heavy atom. The van der Waals surface area contributed by atoms with Crippen molar-refractivity contribution in [2.24, 2.45) is 5.41 Å². The largest absolute Gasteiger partial charge is 0.402 e. The highest BCUT2D eigenvalue weighted by molar-refractivity contribution is 5.96. The van der Waals surface area contributed by atoms with Gasteiger partial charge in [-0.05, 0) is 24.6 Å². The van der Waals surface area contributed by atoms with Crippen molar-refractivity contribution in [2.75, 3.05) is 25.9 Å². The van der Waals surface area contributed by atoms with Gasteiger partial charge in [-0.3, -0.25) is 4.79 Å². The number of nitrogen functional groups attached to an aromatic ring is 1. The van der Waals surface area contributed by atoms with Crippen LogP contribution in [-0.4, -0.2) is 37.2 Å². The van der Waals surface area contributed by atoms with E-state index in [0.717, 1.165) is 11.4 Å². The van der Waals surface area contributed by atoms with Crippen LogP contribution in [-0.2, 0) is 0 Å². The van der Waals surface area contributed by atoms with Gasteiger partial charge >= 0.3 is 6.18 Å². The number of hydrogen-bond acceptors (Lipinski definition) is 4. The molecule has 0 fully saturated rings. The summed E-state index contributed by atoms with van der Waals surface area (Å²) in [6.07, 6.45) is 4.52. The SMILES string of the molecule is C=C(c1ccc(C(=O)NCC2(C)C=CC=CC2)cc1N)N(C)NCC(F)(F)F. The Hall–Kier alpha value is -2.74. The fourth-order valence-electron chi connectivity index (χ4n) is 2.74. The second-order valence-corrected chi connectivity index (χ2v) is 7.09. The van der Waals surface area contributed by atoms with Crippen LogP contribution in [0.15, 0.2) is 49.1 Å². The molecule has 0 aliphatic heterocycles. The summed E-state index contributed by atoms with van der Waals surface area (Å²) >= 11 is 0. The molecule has 8 heteroatoms. The number of hydrogen-bond donors (Lipinski definition) is 3. The van der Waals surface area contributed by atoms with Crippen molar-refractivity contribution in [3.05, 3.63) is 60.2 Å². The number of carbonyl (C=O) groups excluding carboxylic acids is 1. The van der Waals surface area contributed by atoms with E-state index in [1.54, 1.807) is 12.1 Å². The lowest BCUT2D eigenvalue weighted by Crippen LogP contribution is -2.39. The molecular formula is C20H25F3N4O. The van der Waals surface area contributed by atoms with Gasteiger partial charge in [0.1, 0.15) is 6.54 Å². The molecule has 0 aromatic heterocycles. The van der Waals surface area contributed by atoms with Crippen LogP contribution in [0.1, 0.15) is 29.3 Å². The standard InChI is InChI=1S/C20H25F3N4O/c1-14(27(3)26-13-20(21,22)23)16-8-7-15(11-17(16)24)18(28)25-12-19(2)9-5-4-6-10-19/h4-9,11,26H,1,10,12-13,24H2,2-3H3,(H,25,28). The van der Waals surface area contributed by atoms with Crippen LogP contribution >= 0.6 is 0 Å². The molecule has 0 heterocycles. The number of hydrazine groups is 1. The van der Waals surface area contributed by atoms with Crippen molar-refractivity contribution in [3.8, 4) is 0 Å². The third-order valence-electron chi connectivity index (χ3n) is 4.53. The van der Waals surface area contributed by atoms with E-state index in [0.29, 0.717) is 17.7 Å². The van der Waals surface area contributed by atoms with Gasteiger partial charge in [0.15, 0.2) is 0 Å². The fourth-order valence-corrected chi connectivity index (χ4v) is 2.74. The Morgan fingerprint density at radius 2 is 2.07 bits per heavy atom. The first-order valence-electron chi connectivity index (χ1n) is 8.76. The third-order valence-corrected chi connectivity index (χ3v) is 4.53. The topological polar surface area (TPSA) is 70.4 Å². The Labute approximate surface area is 162 Å². The number of nitrogens with one attached hydrogen (secondary N) is 2. The molecule has 1 unspecified atom stereocenters. The molecule has 28 heavy (non-hydrogen) atoms. The number of amides is 1. The minimum Gasteiger partial charge on any atom is -0.398 e. The number of carbonyl (C=O) groups is 1. The summed E-state index contributed by atoms with van der Waals surface area (Å²) in [7, 11) is 1.42. The molecular weight excluding hydrogens is 369 g/mol. The lowest BCUT2D eigenvalue weighted by molar-refractivity contribution is -0.130. The van der Waals surface area contributed by atoms with E-state index < -0.39 is 12.7 Å². The lowest BCUT2D eigenvalue weighted by atomic mass is 9.84. The molecule has 0 saturated carbocycles. The highest BCUT2D eigenvalue weighted by Gasteiger charge is 2.27. The van der Waals surface area contributed by atoms with Gasteiger partial charge in [-0.25, -0.2) is 5.43 Å². The normalized spacial score (nSPS) is 18.8. The van der Waals surface area contributed by atoms with Crippen LogP contribution in [0.3, 0.4) is 0 Å². The molecule has 4 N–H and O–H groups in total. The van der Waals surface area contributed by atoms with E-state index in [9.17, 15) is 18.0 Å². The second kappa shape index (κ2) is 8.52. The van der Waals surface area contributed by atoms with E-state index in [4.69, 9.17) is 5.73 Å². The van der Waals surface area contributed by atoms with Crippen LogP contribution in [0.5, 0.6) is 0 Å². The lowest BCUT2D eigenvalue weighted by Gasteiger charge is -2.27. The molecule has 0 radical (unpaired) electrons. The predicted octanol–water partition coefficient (Wildman–Crippen LogP) is 3.49. The van der Waals surface area contributed by atoms with Crippen molar-refractivity contribution in [1.82, 2.24) is 15.8 Å². The highest BCUT2D eigenvalue weighted by atomic mass is 19.4. The maximum atomic E-state index is 12.4. The smallest absolute Gasteiger partial charge is 0.398 e. The molecule has 1 amide bonds. The minimum atomic E-state index is -4.35. The first kappa shape index (κ1) is 21.6. The number of rotatable bonds is 7. The van der Waals surface area contributed by atoms with Gasteiger partial charge in [0, 0.05) is 35.8 Å². The Bertz CT molecular complexity index is 801. The van der Waals surface area contributed by atoms with Gasteiger partial charge in [0.25, 0.3) is 5.91 Å². The molecule has 5 nitrogen and oxygen atoms in total. The molecule has 0 spiro atoms. The number of nitrogens with two attached hydrogens (primary N) is 1. The first-order chi connectivity index (χ1) is 13.0. The number of benzene rings is 1. The van der Waals surface area contributed by atoms with Crippen LogP contribution in [0.25, 0.3) is 5.70 Å². The first-order valence-corrected chi connectivity index (χ1v) is 8.76. The summed E-state index contributed by atoms with van der Waals surface area (Å²) < 4.78 is 37.0. The van der Waals surface area contributed by atoms with Crippen molar-refractivity contribution in [1.29, 1.82) is 0 Å². The molecule has 1 aliphatic rings. The Balaban J connectivity index is 2.00. The van der Waals surface area contributed by atoms with Crippen LogP contribution in [0.4, 0.5) is 18.9 Å². The maximum absolute atomic E-state index is 12.4. The minimum absolute atomic E-state index is 0.142. The van der Waals surface area contributed by atoms with Gasteiger partial charge < -0.3 is 16.1 Å². The summed E-state index contributed by atoms with van der Waals surface area (Å²) in [5.41, 5.74) is 9.41. The summed E-state index contributed by atoms with van der Waals surface area (Å²) in [6.45, 7) is 5.11. The number of allylic oxidation sites excluding steroid dienone is 3. The van der Waals surface area contributed by atoms with E-state index in [-0.39, 0.29) is 22.7 Å². The van der Waals surface area contributed by atoms with Crippen molar-refractivity contribution >= 4 is 17.3 Å². The van der Waals surface area contributed by atoms with Crippen molar-refractivity contribution in [3.63, 3.8) is 0 Å². The quantitative estimate of drug-likeness (QED) is 0.489. The van der Waals surface area contributed by atoms with E-state index in [2.05, 4.69) is 30.3 Å². The molecule has 0 bridgehead atoms. The van der Waals surface area contributed by atoms with E-state index in [1.165, 1.54) is 13.1 Å². The van der Waals surface area contributed by atoms with Gasteiger partial charge in [-0.1, -0.05) is 37.8 Å². The highest BCUT2D eigenvalue weighted by Crippen LogP contribution is 2.27. The summed E-state index contributed by atoms with van der Waals surface area (Å²) in [6, 6.07) is 4.64. The van der Waals surface area contributed by atoms with Gasteiger partial charge in [0.05, 0.1) is 5.70 Å². The van der Waals surface area contributed by atoms with Gasteiger partial charge in [-0.15, -0.1) is 0 Å². The molecule has 1 aromatic rings. The Morgan fingerprint density at radius 3 is 2.64 bits per heavy atom. The van der Waals surface area contributed by atoms with Gasteiger partial charge in [-0.2, -0.15) is 13.2 Å². The summed E-state index contributed by atoms with van der Waals surface area (Å²) in [5.74, 6) is -0.267. The molecule has 2 rings (SSSR count). The van der Waals surface area contributed by atoms with Crippen LogP contribution in [0.2, 0.25) is 0 Å². The van der Waals surface area contributed by atoms with Crippen LogP contribution < -0.4 is 16.5 Å². The Kier molecular flexibility index (Phi) is 6.56. The van der Waals surface area contributed by atoms with Gasteiger partial charge in [0.2, 0.25) is 0 Å². The van der Waals surface area contributed by atoms with Crippen molar-refractivity contribution in [2.45, 2.75) is 19.5 Å². The average Bonchev–Trinajstić information content (AvgIpc) is 2.63. The number of alkyl halides is 3. The van der Waals surface area contributed by atoms with E-state index >= 15 is 0 Å². The van der Waals surface area contributed by atoms with Crippen LogP contribution in [0, 0.1) is 5.41 Å². The number of anilines is 1. The second-order valence-electron chi connectivity index (χ2n) is 7.09. The monoisotopic (exact) mass is 394 g/mol. The van der Waals surface area contributed by atoms with Crippen molar-refractivity contribution < 1.29 is 18.0 Å². The maximum Gasteiger partial charge on any atom is 0.402 e.